The molecular weight excluding hydrogens is 224 g/mol. The van der Waals surface area contributed by atoms with Gasteiger partial charge in [-0.1, -0.05) is 12.1 Å². The van der Waals surface area contributed by atoms with Gasteiger partial charge in [-0.15, -0.1) is 0 Å². The highest BCUT2D eigenvalue weighted by atomic mass is 32.2. The molecule has 0 amide bonds. The van der Waals surface area contributed by atoms with E-state index in [1.165, 1.54) is 7.11 Å². The van der Waals surface area contributed by atoms with Crippen molar-refractivity contribution in [1.29, 1.82) is 0 Å². The Kier molecular flexibility index (Phi) is 4.24. The van der Waals surface area contributed by atoms with Gasteiger partial charge in [0.25, 0.3) is 0 Å². The van der Waals surface area contributed by atoms with E-state index in [1.54, 1.807) is 6.92 Å². The quantitative estimate of drug-likeness (QED) is 0.759. The number of aryl methyl sites for hydroxylation is 2. The lowest BCUT2D eigenvalue weighted by Crippen LogP contribution is -2.24. The average Bonchev–Trinajstić information content (AvgIpc) is 2.29. The van der Waals surface area contributed by atoms with Crippen molar-refractivity contribution < 1.29 is 13.7 Å². The minimum absolute atomic E-state index is 0.445. The van der Waals surface area contributed by atoms with Gasteiger partial charge in [-0.2, -0.15) is 0 Å². The number of carbonyl (C=O) groups is 1. The van der Waals surface area contributed by atoms with Crippen LogP contribution in [0.25, 0.3) is 0 Å². The molecule has 1 aromatic carbocycles. The largest absolute Gasteiger partial charge is 0.468 e. The first kappa shape index (κ1) is 12.9. The maximum absolute atomic E-state index is 12.1. The van der Waals surface area contributed by atoms with Gasteiger partial charge in [-0.05, 0) is 38.0 Å². The van der Waals surface area contributed by atoms with Gasteiger partial charge in [-0.3, -0.25) is 9.00 Å². The molecule has 0 N–H and O–H groups in total. The SMILES string of the molecule is COC(=O)C(C)S(=O)c1cc(C)ccc1C. The van der Waals surface area contributed by atoms with E-state index < -0.39 is 22.0 Å². The van der Waals surface area contributed by atoms with Gasteiger partial charge >= 0.3 is 5.97 Å². The molecule has 0 aliphatic heterocycles. The van der Waals surface area contributed by atoms with Gasteiger partial charge < -0.3 is 4.74 Å². The standard InChI is InChI=1S/C12H16O3S/c1-8-5-6-9(2)11(7-8)16(14)10(3)12(13)15-4/h5-7,10H,1-4H3. The number of benzene rings is 1. The fraction of sp³-hybridized carbons (Fsp3) is 0.417. The molecule has 0 fully saturated rings. The fourth-order valence-electron chi connectivity index (χ4n) is 1.37. The Morgan fingerprint density at radius 1 is 1.38 bits per heavy atom. The Morgan fingerprint density at radius 2 is 2.00 bits per heavy atom. The highest BCUT2D eigenvalue weighted by Gasteiger charge is 2.23. The molecule has 0 spiro atoms. The molecule has 88 valence electrons. The Bertz CT molecular complexity index is 426. The predicted molar refractivity (Wildman–Crippen MR) is 63.8 cm³/mol. The third kappa shape index (κ3) is 2.70. The zero-order valence-electron chi connectivity index (χ0n) is 9.94. The van der Waals surface area contributed by atoms with E-state index in [1.807, 2.05) is 32.0 Å². The number of esters is 1. The first-order chi connectivity index (χ1) is 7.47. The molecule has 0 saturated carbocycles. The fourth-order valence-corrected chi connectivity index (χ4v) is 2.71. The molecule has 1 aromatic rings. The maximum Gasteiger partial charge on any atom is 0.321 e. The number of methoxy groups -OCH3 is 1. The minimum Gasteiger partial charge on any atom is -0.468 e. The summed E-state index contributed by atoms with van der Waals surface area (Å²) in [6.45, 7) is 5.43. The molecule has 3 nitrogen and oxygen atoms in total. The number of rotatable bonds is 3. The monoisotopic (exact) mass is 240 g/mol. The van der Waals surface area contributed by atoms with Crippen molar-refractivity contribution in [3.05, 3.63) is 29.3 Å². The van der Waals surface area contributed by atoms with Crippen molar-refractivity contribution in [1.82, 2.24) is 0 Å². The van der Waals surface area contributed by atoms with Crippen LogP contribution in [0.3, 0.4) is 0 Å². The Labute approximate surface area is 98.3 Å². The van der Waals surface area contributed by atoms with E-state index in [0.29, 0.717) is 4.90 Å². The molecule has 0 radical (unpaired) electrons. The van der Waals surface area contributed by atoms with Crippen molar-refractivity contribution in [3.8, 4) is 0 Å². The molecule has 0 aliphatic carbocycles. The molecule has 0 aromatic heterocycles. The highest BCUT2D eigenvalue weighted by molar-refractivity contribution is 7.86. The van der Waals surface area contributed by atoms with E-state index >= 15 is 0 Å². The summed E-state index contributed by atoms with van der Waals surface area (Å²) in [5.41, 5.74) is 1.96. The van der Waals surface area contributed by atoms with Crippen molar-refractivity contribution in [3.63, 3.8) is 0 Å². The lowest BCUT2D eigenvalue weighted by Gasteiger charge is -2.11. The van der Waals surface area contributed by atoms with E-state index in [9.17, 15) is 9.00 Å². The van der Waals surface area contributed by atoms with Crippen LogP contribution >= 0.6 is 0 Å². The van der Waals surface area contributed by atoms with Gasteiger partial charge in [0.15, 0.2) is 0 Å². The third-order valence-corrected chi connectivity index (χ3v) is 4.12. The summed E-state index contributed by atoms with van der Waals surface area (Å²) < 4.78 is 16.7. The summed E-state index contributed by atoms with van der Waals surface area (Å²) in [7, 11) is -0.0498. The van der Waals surface area contributed by atoms with Crippen LogP contribution in [0.15, 0.2) is 23.1 Å². The maximum atomic E-state index is 12.1. The van der Waals surface area contributed by atoms with Gasteiger partial charge in [0.2, 0.25) is 0 Å². The van der Waals surface area contributed by atoms with Crippen LogP contribution in [0, 0.1) is 13.8 Å². The molecule has 0 aliphatic rings. The van der Waals surface area contributed by atoms with Crippen LogP contribution in [-0.2, 0) is 20.3 Å². The number of carbonyl (C=O) groups excluding carboxylic acids is 1. The normalized spacial score (nSPS) is 14.2. The average molecular weight is 240 g/mol. The van der Waals surface area contributed by atoms with Crippen LogP contribution in [0.2, 0.25) is 0 Å². The van der Waals surface area contributed by atoms with Crippen LogP contribution < -0.4 is 0 Å². The van der Waals surface area contributed by atoms with Gasteiger partial charge in [0.1, 0.15) is 5.25 Å². The molecule has 16 heavy (non-hydrogen) atoms. The summed E-state index contributed by atoms with van der Waals surface area (Å²) in [5.74, 6) is -0.445. The number of hydrogen-bond donors (Lipinski definition) is 0. The zero-order chi connectivity index (χ0) is 12.3. The first-order valence-corrected chi connectivity index (χ1v) is 6.24. The Balaban J connectivity index is 3.05. The zero-order valence-corrected chi connectivity index (χ0v) is 10.8. The molecular formula is C12H16O3S. The molecule has 1 rings (SSSR count). The second kappa shape index (κ2) is 5.25. The van der Waals surface area contributed by atoms with Crippen molar-refractivity contribution in [2.75, 3.05) is 7.11 Å². The summed E-state index contributed by atoms with van der Waals surface area (Å²) in [4.78, 5) is 12.0. The molecule has 0 heterocycles. The second-order valence-corrected chi connectivity index (χ2v) is 5.47. The molecule has 2 atom stereocenters. The Hall–Kier alpha value is -1.16. The molecule has 0 bridgehead atoms. The summed E-state index contributed by atoms with van der Waals surface area (Å²) in [6.07, 6.45) is 0. The van der Waals surface area contributed by atoms with Gasteiger partial charge in [-0.25, -0.2) is 0 Å². The summed E-state index contributed by atoms with van der Waals surface area (Å²) in [6, 6.07) is 5.72. The van der Waals surface area contributed by atoms with E-state index in [0.717, 1.165) is 11.1 Å². The van der Waals surface area contributed by atoms with Crippen molar-refractivity contribution in [2.24, 2.45) is 0 Å². The molecule has 0 saturated heterocycles. The Morgan fingerprint density at radius 3 is 2.56 bits per heavy atom. The molecule has 2 unspecified atom stereocenters. The van der Waals surface area contributed by atoms with Crippen LogP contribution in [0.5, 0.6) is 0 Å². The third-order valence-electron chi connectivity index (χ3n) is 2.41. The highest BCUT2D eigenvalue weighted by Crippen LogP contribution is 2.18. The predicted octanol–water partition coefficient (Wildman–Crippen LogP) is 1.97. The number of hydrogen-bond acceptors (Lipinski definition) is 3. The van der Waals surface area contributed by atoms with Crippen LogP contribution in [0.1, 0.15) is 18.1 Å². The van der Waals surface area contributed by atoms with Crippen molar-refractivity contribution >= 4 is 16.8 Å². The van der Waals surface area contributed by atoms with E-state index in [2.05, 4.69) is 4.74 Å². The van der Waals surface area contributed by atoms with E-state index in [-0.39, 0.29) is 0 Å². The van der Waals surface area contributed by atoms with Gasteiger partial charge in [0, 0.05) is 4.90 Å². The van der Waals surface area contributed by atoms with Crippen LogP contribution in [0.4, 0.5) is 0 Å². The topological polar surface area (TPSA) is 43.4 Å². The lowest BCUT2D eigenvalue weighted by molar-refractivity contribution is -0.139. The summed E-state index contributed by atoms with van der Waals surface area (Å²) >= 11 is 0. The first-order valence-electron chi connectivity index (χ1n) is 5.03. The van der Waals surface area contributed by atoms with Crippen LogP contribution in [-0.4, -0.2) is 22.5 Å². The lowest BCUT2D eigenvalue weighted by atomic mass is 10.2. The summed E-state index contributed by atoms with van der Waals surface area (Å²) in [5, 5.41) is -0.634. The molecule has 4 heteroatoms. The van der Waals surface area contributed by atoms with Crippen molar-refractivity contribution in [2.45, 2.75) is 30.9 Å². The second-order valence-electron chi connectivity index (χ2n) is 3.73. The van der Waals surface area contributed by atoms with E-state index in [4.69, 9.17) is 0 Å². The number of ether oxygens (including phenoxy) is 1. The minimum atomic E-state index is -1.35. The van der Waals surface area contributed by atoms with Gasteiger partial charge in [0.05, 0.1) is 17.9 Å². The smallest absolute Gasteiger partial charge is 0.321 e.